The van der Waals surface area contributed by atoms with Crippen molar-refractivity contribution in [2.75, 3.05) is 13.7 Å². The highest BCUT2D eigenvalue weighted by Crippen LogP contribution is 2.32. The van der Waals surface area contributed by atoms with E-state index in [0.717, 1.165) is 13.2 Å². The molecule has 0 unspecified atom stereocenters. The Morgan fingerprint density at radius 1 is 1.40 bits per heavy atom. The fraction of sp³-hybridized carbons (Fsp3) is 0.455. The second-order valence-corrected chi connectivity index (χ2v) is 3.39. The van der Waals surface area contributed by atoms with Crippen LogP contribution in [-0.2, 0) is 11.4 Å². The first kappa shape index (κ1) is 16.0. The van der Waals surface area contributed by atoms with Crippen LogP contribution in [0.15, 0.2) is 6.07 Å². The van der Waals surface area contributed by atoms with Crippen LogP contribution in [0.3, 0.4) is 0 Å². The summed E-state index contributed by atoms with van der Waals surface area (Å²) in [6.45, 7) is 0.0653. The Kier molecular flexibility index (Phi) is 5.12. The van der Waals surface area contributed by atoms with Crippen LogP contribution in [0.2, 0.25) is 0 Å². The van der Waals surface area contributed by atoms with E-state index in [0.29, 0.717) is 0 Å². The van der Waals surface area contributed by atoms with Crippen LogP contribution in [0.4, 0.5) is 17.6 Å². The molecule has 0 fully saturated rings. The monoisotopic (exact) mass is 297 g/mol. The molecule has 0 aliphatic carbocycles. The second-order valence-electron chi connectivity index (χ2n) is 3.39. The molecule has 0 aliphatic heterocycles. The molecule has 20 heavy (non-hydrogen) atoms. The summed E-state index contributed by atoms with van der Waals surface area (Å²) in [7, 11) is 1.13. The van der Waals surface area contributed by atoms with E-state index in [2.05, 4.69) is 19.2 Å². The van der Waals surface area contributed by atoms with Gasteiger partial charge in [0.2, 0.25) is 5.88 Å². The summed E-state index contributed by atoms with van der Waals surface area (Å²) in [6, 6.07) is 0.741. The molecule has 112 valence electrons. The lowest BCUT2D eigenvalue weighted by Gasteiger charge is -2.15. The first-order chi connectivity index (χ1) is 9.32. The van der Waals surface area contributed by atoms with Crippen LogP contribution in [-0.4, -0.2) is 31.0 Å². The summed E-state index contributed by atoms with van der Waals surface area (Å²) >= 11 is 0. The van der Waals surface area contributed by atoms with Gasteiger partial charge < -0.3 is 14.2 Å². The van der Waals surface area contributed by atoms with Crippen molar-refractivity contribution in [3.63, 3.8) is 0 Å². The van der Waals surface area contributed by atoms with Gasteiger partial charge in [-0.25, -0.2) is 14.2 Å². The first-order valence-electron chi connectivity index (χ1n) is 5.39. The Balaban J connectivity index is 3.34. The maximum absolute atomic E-state index is 12.9. The summed E-state index contributed by atoms with van der Waals surface area (Å²) in [5.74, 6) is -2.29. The number of ether oxygens (including phenoxy) is 3. The second kappa shape index (κ2) is 6.40. The van der Waals surface area contributed by atoms with Crippen molar-refractivity contribution in [1.82, 2.24) is 4.98 Å². The zero-order valence-electron chi connectivity index (χ0n) is 10.6. The molecule has 1 aromatic heterocycles. The maximum atomic E-state index is 12.9. The first-order valence-corrected chi connectivity index (χ1v) is 5.39. The molecule has 0 bridgehead atoms. The van der Waals surface area contributed by atoms with Gasteiger partial charge in [-0.2, -0.15) is 0 Å². The number of hydrogen-bond acceptors (Lipinski definition) is 5. The smallest absolute Gasteiger partial charge is 0.481 e. The normalized spacial score (nSPS) is 11.1. The third kappa shape index (κ3) is 3.97. The molecule has 0 N–H and O–H groups in total. The van der Waals surface area contributed by atoms with Crippen molar-refractivity contribution in [3.8, 4) is 11.6 Å². The van der Waals surface area contributed by atoms with Gasteiger partial charge in [0.1, 0.15) is 12.4 Å². The number of aromatic nitrogens is 1. The van der Waals surface area contributed by atoms with E-state index in [4.69, 9.17) is 0 Å². The van der Waals surface area contributed by atoms with Gasteiger partial charge in [0.15, 0.2) is 5.69 Å². The Morgan fingerprint density at radius 3 is 2.50 bits per heavy atom. The van der Waals surface area contributed by atoms with Gasteiger partial charge in [-0.3, -0.25) is 0 Å². The summed E-state index contributed by atoms with van der Waals surface area (Å²) in [4.78, 5) is 15.2. The fourth-order valence-electron chi connectivity index (χ4n) is 1.34. The molecular weight excluding hydrogens is 286 g/mol. The highest BCUT2D eigenvalue weighted by atomic mass is 19.4. The molecule has 0 atom stereocenters. The van der Waals surface area contributed by atoms with Gasteiger partial charge in [0.25, 0.3) is 0 Å². The van der Waals surface area contributed by atoms with Crippen LogP contribution in [0, 0.1) is 0 Å². The lowest BCUT2D eigenvalue weighted by molar-refractivity contribution is -0.275. The van der Waals surface area contributed by atoms with Crippen LogP contribution < -0.4 is 9.47 Å². The lowest BCUT2D eigenvalue weighted by Crippen LogP contribution is -2.20. The molecular formula is C11H11F4NO4. The highest BCUT2D eigenvalue weighted by Gasteiger charge is 2.34. The highest BCUT2D eigenvalue weighted by molar-refractivity contribution is 5.90. The topological polar surface area (TPSA) is 57.7 Å². The van der Waals surface area contributed by atoms with E-state index in [-0.39, 0.29) is 12.5 Å². The summed E-state index contributed by atoms with van der Waals surface area (Å²) in [6.07, 6.45) is -5.04. The SMILES string of the molecule is CCOC(=O)c1nc(OC)cc(OC(F)(F)F)c1CF. The van der Waals surface area contributed by atoms with Crippen molar-refractivity contribution in [3.05, 3.63) is 17.3 Å². The molecule has 0 saturated heterocycles. The third-order valence-corrected chi connectivity index (χ3v) is 2.10. The van der Waals surface area contributed by atoms with Crippen LogP contribution in [0.5, 0.6) is 11.6 Å². The fourth-order valence-corrected chi connectivity index (χ4v) is 1.34. The number of halogens is 4. The minimum absolute atomic E-state index is 0.0427. The molecule has 1 heterocycles. The molecule has 1 rings (SSSR count). The van der Waals surface area contributed by atoms with Gasteiger partial charge in [0.05, 0.1) is 19.3 Å². The quantitative estimate of drug-likeness (QED) is 0.617. The van der Waals surface area contributed by atoms with E-state index >= 15 is 0 Å². The Hall–Kier alpha value is -2.06. The standard InChI is InChI=1S/C11H11F4NO4/c1-3-19-10(17)9-6(5-12)7(20-11(13,14)15)4-8(16-9)18-2/h4H,3,5H2,1-2H3. The van der Waals surface area contributed by atoms with E-state index in [1.807, 2.05) is 0 Å². The maximum Gasteiger partial charge on any atom is 0.573 e. The minimum atomic E-state index is -5.04. The van der Waals surface area contributed by atoms with Crippen molar-refractivity contribution in [1.29, 1.82) is 0 Å². The zero-order valence-corrected chi connectivity index (χ0v) is 10.6. The van der Waals surface area contributed by atoms with E-state index in [1.54, 1.807) is 0 Å². The van der Waals surface area contributed by atoms with Crippen molar-refractivity contribution in [2.45, 2.75) is 20.0 Å². The number of carbonyl (C=O) groups excluding carboxylic acids is 1. The van der Waals surface area contributed by atoms with Gasteiger partial charge >= 0.3 is 12.3 Å². The number of hydrogen-bond donors (Lipinski definition) is 0. The van der Waals surface area contributed by atoms with Crippen molar-refractivity contribution < 1.29 is 36.6 Å². The van der Waals surface area contributed by atoms with Gasteiger partial charge in [-0.1, -0.05) is 0 Å². The van der Waals surface area contributed by atoms with Crippen LogP contribution in [0.25, 0.3) is 0 Å². The molecule has 9 heteroatoms. The number of esters is 1. The van der Waals surface area contributed by atoms with Crippen LogP contribution in [0.1, 0.15) is 23.0 Å². The Bertz CT molecular complexity index is 490. The largest absolute Gasteiger partial charge is 0.573 e. The molecule has 0 spiro atoms. The van der Waals surface area contributed by atoms with Gasteiger partial charge in [-0.15, -0.1) is 13.2 Å². The number of methoxy groups -OCH3 is 1. The zero-order chi connectivity index (χ0) is 15.3. The number of rotatable bonds is 5. The molecule has 0 saturated carbocycles. The summed E-state index contributed by atoms with van der Waals surface area (Å²) < 4.78 is 62.6. The van der Waals surface area contributed by atoms with E-state index in [1.165, 1.54) is 6.92 Å². The third-order valence-electron chi connectivity index (χ3n) is 2.10. The number of carbonyl (C=O) groups is 1. The molecule has 5 nitrogen and oxygen atoms in total. The van der Waals surface area contributed by atoms with E-state index in [9.17, 15) is 22.4 Å². The van der Waals surface area contributed by atoms with Crippen LogP contribution >= 0.6 is 0 Å². The summed E-state index contributed by atoms with van der Waals surface area (Å²) in [5, 5.41) is 0. The van der Waals surface area contributed by atoms with Gasteiger partial charge in [-0.05, 0) is 6.92 Å². The number of alkyl halides is 4. The van der Waals surface area contributed by atoms with Crippen molar-refractivity contribution >= 4 is 5.97 Å². The predicted molar refractivity (Wildman–Crippen MR) is 58.2 cm³/mol. The van der Waals surface area contributed by atoms with Crippen molar-refractivity contribution in [2.24, 2.45) is 0 Å². The molecule has 0 aromatic carbocycles. The number of nitrogens with zero attached hydrogens (tertiary/aromatic N) is 1. The predicted octanol–water partition coefficient (Wildman–Crippen LogP) is 2.64. The van der Waals surface area contributed by atoms with E-state index < -0.39 is 36.0 Å². The van der Waals surface area contributed by atoms with Gasteiger partial charge in [0, 0.05) is 6.07 Å². The Labute approximate surface area is 111 Å². The molecule has 0 amide bonds. The minimum Gasteiger partial charge on any atom is -0.481 e. The summed E-state index contributed by atoms with van der Waals surface area (Å²) in [5.41, 5.74) is -1.27. The number of pyridine rings is 1. The lowest BCUT2D eigenvalue weighted by atomic mass is 10.2. The molecule has 1 aromatic rings. The average molecular weight is 297 g/mol. The average Bonchev–Trinajstić information content (AvgIpc) is 2.36. The molecule has 0 radical (unpaired) electrons. The Morgan fingerprint density at radius 2 is 2.05 bits per heavy atom. The molecule has 0 aliphatic rings.